The van der Waals surface area contributed by atoms with E-state index in [1.165, 1.54) is 0 Å². The van der Waals surface area contributed by atoms with Crippen molar-refractivity contribution in [3.8, 4) is 11.5 Å². The van der Waals surface area contributed by atoms with Gasteiger partial charge in [-0.25, -0.2) is 10.4 Å². The molecule has 1 atom stereocenters. The van der Waals surface area contributed by atoms with Gasteiger partial charge in [-0.2, -0.15) is 0 Å². The molecule has 1 heterocycles. The molecule has 0 spiro atoms. The van der Waals surface area contributed by atoms with Crippen LogP contribution in [0.3, 0.4) is 0 Å². The highest BCUT2D eigenvalue weighted by atomic mass is 35.5. The zero-order valence-electron chi connectivity index (χ0n) is 11.3. The molecule has 1 aromatic heterocycles. The average molecular weight is 294 g/mol. The van der Waals surface area contributed by atoms with Gasteiger partial charge < -0.3 is 9.47 Å². The van der Waals surface area contributed by atoms with Crippen LogP contribution in [0.5, 0.6) is 11.5 Å². The normalized spacial score (nSPS) is 12.0. The Bertz CT molecular complexity index is 570. The number of pyridine rings is 1. The fourth-order valence-corrected chi connectivity index (χ4v) is 2.16. The summed E-state index contributed by atoms with van der Waals surface area (Å²) in [5.74, 6) is 7.06. The van der Waals surface area contributed by atoms with Crippen molar-refractivity contribution >= 4 is 11.6 Å². The van der Waals surface area contributed by atoms with Crippen molar-refractivity contribution in [3.05, 3.63) is 52.8 Å². The Morgan fingerprint density at radius 3 is 2.25 bits per heavy atom. The Morgan fingerprint density at radius 2 is 1.75 bits per heavy atom. The summed E-state index contributed by atoms with van der Waals surface area (Å²) in [6, 6.07) is 8.96. The molecule has 5 nitrogen and oxygen atoms in total. The lowest BCUT2D eigenvalue weighted by Gasteiger charge is -2.18. The van der Waals surface area contributed by atoms with Crippen molar-refractivity contribution < 1.29 is 9.47 Å². The van der Waals surface area contributed by atoms with Gasteiger partial charge in [-0.15, -0.1) is 0 Å². The molecule has 2 aromatic rings. The van der Waals surface area contributed by atoms with Crippen LogP contribution in [0, 0.1) is 0 Å². The zero-order chi connectivity index (χ0) is 14.5. The highest BCUT2D eigenvalue weighted by Gasteiger charge is 2.15. The smallest absolute Gasteiger partial charge is 0.129 e. The molecule has 0 bridgehead atoms. The van der Waals surface area contributed by atoms with E-state index >= 15 is 0 Å². The maximum absolute atomic E-state index is 5.92. The number of methoxy groups -OCH3 is 2. The van der Waals surface area contributed by atoms with E-state index in [2.05, 4.69) is 10.4 Å². The van der Waals surface area contributed by atoms with Gasteiger partial charge >= 0.3 is 0 Å². The first kappa shape index (κ1) is 14.6. The highest BCUT2D eigenvalue weighted by molar-refractivity contribution is 6.29. The molecule has 0 fully saturated rings. The Labute approximate surface area is 122 Å². The molecule has 1 aromatic carbocycles. The number of halogens is 1. The first-order valence-electron chi connectivity index (χ1n) is 5.98. The van der Waals surface area contributed by atoms with Crippen molar-refractivity contribution in [1.29, 1.82) is 0 Å². The fraction of sp³-hybridized carbons (Fsp3) is 0.214. The van der Waals surface area contributed by atoms with Crippen LogP contribution < -0.4 is 20.7 Å². The van der Waals surface area contributed by atoms with Crippen LogP contribution >= 0.6 is 11.6 Å². The second-order valence-electron chi connectivity index (χ2n) is 4.16. The van der Waals surface area contributed by atoms with Crippen LogP contribution in [0.15, 0.2) is 36.5 Å². The summed E-state index contributed by atoms with van der Waals surface area (Å²) < 4.78 is 10.5. The molecule has 0 saturated carbocycles. The monoisotopic (exact) mass is 293 g/mol. The van der Waals surface area contributed by atoms with Gasteiger partial charge in [-0.05, 0) is 35.4 Å². The van der Waals surface area contributed by atoms with Gasteiger partial charge in [0.05, 0.1) is 20.3 Å². The maximum Gasteiger partial charge on any atom is 0.129 e. The second-order valence-corrected chi connectivity index (χ2v) is 4.54. The molecule has 0 radical (unpaired) electrons. The third kappa shape index (κ3) is 3.19. The number of rotatable bonds is 5. The van der Waals surface area contributed by atoms with Crippen molar-refractivity contribution in [1.82, 2.24) is 10.4 Å². The quantitative estimate of drug-likeness (QED) is 0.503. The molecule has 6 heteroatoms. The highest BCUT2D eigenvalue weighted by Crippen LogP contribution is 2.30. The van der Waals surface area contributed by atoms with E-state index < -0.39 is 0 Å². The molecule has 1 unspecified atom stereocenters. The van der Waals surface area contributed by atoms with E-state index in [1.807, 2.05) is 18.2 Å². The molecule has 0 aliphatic carbocycles. The van der Waals surface area contributed by atoms with Gasteiger partial charge in [0, 0.05) is 12.3 Å². The first-order valence-corrected chi connectivity index (χ1v) is 6.36. The van der Waals surface area contributed by atoms with Crippen LogP contribution in [0.1, 0.15) is 17.2 Å². The lowest BCUT2D eigenvalue weighted by molar-refractivity contribution is 0.392. The van der Waals surface area contributed by atoms with Crippen LogP contribution in [0.25, 0.3) is 0 Å². The van der Waals surface area contributed by atoms with Crippen molar-refractivity contribution in [3.63, 3.8) is 0 Å². The predicted molar refractivity (Wildman–Crippen MR) is 78.0 cm³/mol. The number of nitrogens with two attached hydrogens (primary N) is 1. The first-order chi connectivity index (χ1) is 9.67. The predicted octanol–water partition coefficient (Wildman–Crippen LogP) is 2.30. The molecule has 106 valence electrons. The fourth-order valence-electron chi connectivity index (χ4n) is 1.98. The van der Waals surface area contributed by atoms with Gasteiger partial charge in [-0.3, -0.25) is 5.84 Å². The average Bonchev–Trinajstić information content (AvgIpc) is 2.47. The molecular formula is C14H16ClN3O2. The largest absolute Gasteiger partial charge is 0.497 e. The number of ether oxygens (including phenoxy) is 2. The summed E-state index contributed by atoms with van der Waals surface area (Å²) in [4.78, 5) is 3.97. The Kier molecular flexibility index (Phi) is 4.79. The summed E-state index contributed by atoms with van der Waals surface area (Å²) in [7, 11) is 3.21. The zero-order valence-corrected chi connectivity index (χ0v) is 12.0. The van der Waals surface area contributed by atoms with E-state index in [-0.39, 0.29) is 6.04 Å². The van der Waals surface area contributed by atoms with E-state index in [0.717, 1.165) is 11.1 Å². The van der Waals surface area contributed by atoms with E-state index in [9.17, 15) is 0 Å². The number of nitrogens with zero attached hydrogens (tertiary/aromatic N) is 1. The maximum atomic E-state index is 5.92. The minimum absolute atomic E-state index is 0.237. The van der Waals surface area contributed by atoms with Crippen LogP contribution in [-0.2, 0) is 0 Å². The van der Waals surface area contributed by atoms with E-state index in [0.29, 0.717) is 16.7 Å². The molecule has 2 rings (SSSR count). The summed E-state index contributed by atoms with van der Waals surface area (Å²) >= 11 is 5.92. The minimum atomic E-state index is -0.237. The molecule has 3 N–H and O–H groups in total. The summed E-state index contributed by atoms with van der Waals surface area (Å²) in [6.45, 7) is 0. The number of benzene rings is 1. The standard InChI is InChI=1S/C14H16ClN3O2/c1-19-11-5-10(6-12(8-11)20-2)14(18-16)9-3-4-17-13(15)7-9/h3-8,14,18H,16H2,1-2H3. The van der Waals surface area contributed by atoms with Crippen molar-refractivity contribution in [2.45, 2.75) is 6.04 Å². The summed E-state index contributed by atoms with van der Waals surface area (Å²) in [5.41, 5.74) is 4.58. The number of nitrogens with one attached hydrogen (secondary N) is 1. The van der Waals surface area contributed by atoms with Crippen molar-refractivity contribution in [2.75, 3.05) is 14.2 Å². The number of hydrogen-bond donors (Lipinski definition) is 2. The molecule has 0 aliphatic heterocycles. The third-order valence-corrected chi connectivity index (χ3v) is 3.16. The van der Waals surface area contributed by atoms with Crippen molar-refractivity contribution in [2.24, 2.45) is 5.84 Å². The summed E-state index contributed by atoms with van der Waals surface area (Å²) in [6.07, 6.45) is 1.64. The van der Waals surface area contributed by atoms with E-state index in [4.69, 9.17) is 26.9 Å². The summed E-state index contributed by atoms with van der Waals surface area (Å²) in [5, 5.41) is 0.414. The van der Waals surface area contributed by atoms with Gasteiger partial charge in [0.1, 0.15) is 16.7 Å². The van der Waals surface area contributed by atoms with E-state index in [1.54, 1.807) is 32.5 Å². The van der Waals surface area contributed by atoms with Crippen LogP contribution in [0.2, 0.25) is 5.15 Å². The lowest BCUT2D eigenvalue weighted by atomic mass is 10.00. The Morgan fingerprint density at radius 1 is 1.10 bits per heavy atom. The third-order valence-electron chi connectivity index (χ3n) is 2.96. The Balaban J connectivity index is 2.45. The van der Waals surface area contributed by atoms with Crippen LogP contribution in [0.4, 0.5) is 0 Å². The molecule has 20 heavy (non-hydrogen) atoms. The number of hydrogen-bond acceptors (Lipinski definition) is 5. The molecular weight excluding hydrogens is 278 g/mol. The number of hydrazine groups is 1. The van der Waals surface area contributed by atoms with Gasteiger partial charge in [0.15, 0.2) is 0 Å². The lowest BCUT2D eigenvalue weighted by Crippen LogP contribution is -2.28. The van der Waals surface area contributed by atoms with Gasteiger partial charge in [0.25, 0.3) is 0 Å². The molecule has 0 amide bonds. The molecule has 0 saturated heterocycles. The second kappa shape index (κ2) is 6.56. The van der Waals surface area contributed by atoms with Crippen LogP contribution in [-0.4, -0.2) is 19.2 Å². The minimum Gasteiger partial charge on any atom is -0.497 e. The topological polar surface area (TPSA) is 69.4 Å². The number of aromatic nitrogens is 1. The molecule has 0 aliphatic rings. The Hall–Kier alpha value is -1.82. The van der Waals surface area contributed by atoms with Gasteiger partial charge in [-0.1, -0.05) is 11.6 Å². The SMILES string of the molecule is COc1cc(OC)cc(C(NN)c2ccnc(Cl)c2)c1. The van der Waals surface area contributed by atoms with Gasteiger partial charge in [0.2, 0.25) is 0 Å².